The van der Waals surface area contributed by atoms with Gasteiger partial charge in [0.05, 0.1) is 20.6 Å². The van der Waals surface area contributed by atoms with Crippen molar-refractivity contribution < 1.29 is 18.0 Å². The fourth-order valence-corrected chi connectivity index (χ4v) is 6.10. The highest BCUT2D eigenvalue weighted by Gasteiger charge is 2.34. The molecule has 2 amide bonds. The second kappa shape index (κ2) is 13.3. The number of hydrogen-bond donors (Lipinski definition) is 1. The first kappa shape index (κ1) is 30.5. The molecule has 0 radical (unpaired) electrons. The smallest absolute Gasteiger partial charge is 0.264 e. The van der Waals surface area contributed by atoms with E-state index in [1.165, 1.54) is 17.0 Å². The standard InChI is InChI=1S/C29H33Cl2N3O4S/c1-5-26(29(36)32-6-2)33(18-22-15-16-24(30)25(31)17-22)28(35)19-34(27-14-10-11-20(3)21(27)4)39(37,38)23-12-8-7-9-13-23/h7-17,26H,5-6,18-19H2,1-4H3,(H,32,36)/t26-/m0/s1. The Morgan fingerprint density at radius 2 is 1.62 bits per heavy atom. The quantitative estimate of drug-likeness (QED) is 0.308. The Bertz CT molecular complexity index is 1430. The molecule has 1 N–H and O–H groups in total. The van der Waals surface area contributed by atoms with Gasteiger partial charge >= 0.3 is 0 Å². The highest BCUT2D eigenvalue weighted by molar-refractivity contribution is 7.92. The minimum absolute atomic E-state index is 0.0391. The Labute approximate surface area is 240 Å². The number of rotatable bonds is 11. The van der Waals surface area contributed by atoms with Gasteiger partial charge in [-0.3, -0.25) is 13.9 Å². The number of nitrogens with one attached hydrogen (secondary N) is 1. The van der Waals surface area contributed by atoms with Crippen LogP contribution in [0.1, 0.15) is 37.0 Å². The summed E-state index contributed by atoms with van der Waals surface area (Å²) in [6, 6.07) is 17.5. The molecule has 3 aromatic rings. The lowest BCUT2D eigenvalue weighted by Gasteiger charge is -2.33. The zero-order valence-corrected chi connectivity index (χ0v) is 24.8. The second-order valence-corrected chi connectivity index (χ2v) is 11.8. The van der Waals surface area contributed by atoms with Crippen molar-refractivity contribution in [1.82, 2.24) is 10.2 Å². The molecule has 0 aliphatic carbocycles. The van der Waals surface area contributed by atoms with Crippen molar-refractivity contribution in [2.45, 2.75) is 51.6 Å². The van der Waals surface area contributed by atoms with Crippen molar-refractivity contribution in [3.05, 3.63) is 93.5 Å². The van der Waals surface area contributed by atoms with Crippen LogP contribution >= 0.6 is 23.2 Å². The molecule has 208 valence electrons. The minimum atomic E-state index is -4.12. The number of aryl methyl sites for hydroxylation is 1. The first-order valence-corrected chi connectivity index (χ1v) is 14.9. The van der Waals surface area contributed by atoms with Gasteiger partial charge in [-0.1, -0.05) is 66.5 Å². The summed E-state index contributed by atoms with van der Waals surface area (Å²) in [5.74, 6) is -0.850. The third-order valence-corrected chi connectivity index (χ3v) is 9.04. The number of nitrogens with zero attached hydrogens (tertiary/aromatic N) is 2. The van der Waals surface area contributed by atoms with Gasteiger partial charge in [0.15, 0.2) is 0 Å². The zero-order chi connectivity index (χ0) is 28.7. The van der Waals surface area contributed by atoms with E-state index in [4.69, 9.17) is 23.2 Å². The van der Waals surface area contributed by atoms with Crippen LogP contribution in [0.15, 0.2) is 71.6 Å². The van der Waals surface area contributed by atoms with Gasteiger partial charge in [0.25, 0.3) is 10.0 Å². The van der Waals surface area contributed by atoms with Crippen molar-refractivity contribution in [3.63, 3.8) is 0 Å². The van der Waals surface area contributed by atoms with Crippen LogP contribution in [0.3, 0.4) is 0 Å². The minimum Gasteiger partial charge on any atom is -0.355 e. The molecule has 0 fully saturated rings. The molecule has 0 saturated carbocycles. The van der Waals surface area contributed by atoms with Gasteiger partial charge in [-0.25, -0.2) is 8.42 Å². The van der Waals surface area contributed by atoms with E-state index in [0.29, 0.717) is 34.3 Å². The van der Waals surface area contributed by atoms with Gasteiger partial charge in [0, 0.05) is 13.1 Å². The van der Waals surface area contributed by atoms with Crippen LogP contribution in [0, 0.1) is 13.8 Å². The maximum atomic E-state index is 14.0. The van der Waals surface area contributed by atoms with E-state index in [1.54, 1.807) is 62.4 Å². The largest absolute Gasteiger partial charge is 0.355 e. The van der Waals surface area contributed by atoms with Gasteiger partial charge < -0.3 is 10.2 Å². The predicted molar refractivity (Wildman–Crippen MR) is 157 cm³/mol. The molecule has 0 spiro atoms. The monoisotopic (exact) mass is 589 g/mol. The molecule has 3 aromatic carbocycles. The molecule has 0 bridgehead atoms. The van der Waals surface area contributed by atoms with Crippen molar-refractivity contribution >= 4 is 50.7 Å². The van der Waals surface area contributed by atoms with Crippen LogP contribution in [-0.4, -0.2) is 44.3 Å². The average Bonchev–Trinajstić information content (AvgIpc) is 2.91. The molecular weight excluding hydrogens is 557 g/mol. The number of likely N-dealkylation sites (N-methyl/N-ethyl adjacent to an activating group) is 1. The lowest BCUT2D eigenvalue weighted by molar-refractivity contribution is -0.140. The number of anilines is 1. The predicted octanol–water partition coefficient (Wildman–Crippen LogP) is 5.75. The number of sulfonamides is 1. The molecule has 0 aliphatic rings. The molecule has 39 heavy (non-hydrogen) atoms. The van der Waals surface area contributed by atoms with Crippen molar-refractivity contribution in [2.75, 3.05) is 17.4 Å². The summed E-state index contributed by atoms with van der Waals surface area (Å²) in [4.78, 5) is 28.5. The van der Waals surface area contributed by atoms with E-state index in [9.17, 15) is 18.0 Å². The summed E-state index contributed by atoms with van der Waals surface area (Å²) in [6.07, 6.45) is 0.327. The first-order valence-electron chi connectivity index (χ1n) is 12.7. The number of amides is 2. The molecule has 0 heterocycles. The third kappa shape index (κ3) is 7.12. The summed E-state index contributed by atoms with van der Waals surface area (Å²) in [5, 5.41) is 3.46. The number of benzene rings is 3. The Balaban J connectivity index is 2.10. The number of halogens is 2. The SMILES string of the molecule is CCNC(=O)[C@H](CC)N(Cc1ccc(Cl)c(Cl)c1)C(=O)CN(c1cccc(C)c1C)S(=O)(=O)c1ccccc1. The average molecular weight is 591 g/mol. The van der Waals surface area contributed by atoms with Crippen LogP contribution in [-0.2, 0) is 26.2 Å². The highest BCUT2D eigenvalue weighted by Crippen LogP contribution is 2.29. The second-order valence-electron chi connectivity index (χ2n) is 9.13. The van der Waals surface area contributed by atoms with E-state index < -0.39 is 28.5 Å². The van der Waals surface area contributed by atoms with Gasteiger partial charge in [0.2, 0.25) is 11.8 Å². The number of carbonyl (C=O) groups is 2. The maximum absolute atomic E-state index is 14.0. The summed E-state index contributed by atoms with van der Waals surface area (Å²) in [5.41, 5.74) is 2.67. The molecule has 0 saturated heterocycles. The number of carbonyl (C=O) groups excluding carboxylic acids is 2. The van der Waals surface area contributed by atoms with Crippen LogP contribution < -0.4 is 9.62 Å². The summed E-state index contributed by atoms with van der Waals surface area (Å²) >= 11 is 12.3. The third-order valence-electron chi connectivity index (χ3n) is 6.53. The normalized spacial score (nSPS) is 12.1. The lowest BCUT2D eigenvalue weighted by atomic mass is 10.1. The van der Waals surface area contributed by atoms with E-state index in [2.05, 4.69) is 5.32 Å². The fourth-order valence-electron chi connectivity index (χ4n) is 4.29. The molecule has 10 heteroatoms. The molecule has 0 aromatic heterocycles. The Hall–Kier alpha value is -3.07. The highest BCUT2D eigenvalue weighted by atomic mass is 35.5. The first-order chi connectivity index (χ1) is 18.5. The topological polar surface area (TPSA) is 86.8 Å². The summed E-state index contributed by atoms with van der Waals surface area (Å²) in [6.45, 7) is 7.23. The van der Waals surface area contributed by atoms with Crippen LogP contribution in [0.5, 0.6) is 0 Å². The molecular formula is C29H33Cl2N3O4S. The maximum Gasteiger partial charge on any atom is 0.264 e. The zero-order valence-electron chi connectivity index (χ0n) is 22.4. The van der Waals surface area contributed by atoms with Crippen LogP contribution in [0.2, 0.25) is 10.0 Å². The Kier molecular flexibility index (Phi) is 10.4. The Morgan fingerprint density at radius 1 is 0.923 bits per heavy atom. The molecule has 7 nitrogen and oxygen atoms in total. The lowest BCUT2D eigenvalue weighted by Crippen LogP contribution is -2.52. The summed E-state index contributed by atoms with van der Waals surface area (Å²) in [7, 11) is -4.12. The molecule has 0 unspecified atom stereocenters. The van der Waals surface area contributed by atoms with E-state index in [0.717, 1.165) is 15.4 Å². The van der Waals surface area contributed by atoms with Crippen molar-refractivity contribution in [3.8, 4) is 0 Å². The Morgan fingerprint density at radius 3 is 2.23 bits per heavy atom. The van der Waals surface area contributed by atoms with Crippen molar-refractivity contribution in [2.24, 2.45) is 0 Å². The van der Waals surface area contributed by atoms with Crippen LogP contribution in [0.4, 0.5) is 5.69 Å². The van der Waals surface area contributed by atoms with E-state index >= 15 is 0 Å². The summed E-state index contributed by atoms with van der Waals surface area (Å²) < 4.78 is 29.0. The van der Waals surface area contributed by atoms with Gasteiger partial charge in [-0.2, -0.15) is 0 Å². The fraction of sp³-hybridized carbons (Fsp3) is 0.310. The van der Waals surface area contributed by atoms with Gasteiger partial charge in [-0.15, -0.1) is 0 Å². The molecule has 0 aliphatic heterocycles. The molecule has 3 rings (SSSR count). The molecule has 1 atom stereocenters. The van der Waals surface area contributed by atoms with Crippen LogP contribution in [0.25, 0.3) is 0 Å². The van der Waals surface area contributed by atoms with E-state index in [1.807, 2.05) is 19.9 Å². The van der Waals surface area contributed by atoms with Gasteiger partial charge in [-0.05, 0) is 74.2 Å². The van der Waals surface area contributed by atoms with Gasteiger partial charge in [0.1, 0.15) is 12.6 Å². The van der Waals surface area contributed by atoms with E-state index in [-0.39, 0.29) is 17.3 Å². The van der Waals surface area contributed by atoms with Crippen molar-refractivity contribution in [1.29, 1.82) is 0 Å². The number of hydrogen-bond acceptors (Lipinski definition) is 4.